The lowest BCUT2D eigenvalue weighted by molar-refractivity contribution is -0.384. The average Bonchev–Trinajstić information content (AvgIpc) is 2.89. The van der Waals surface area contributed by atoms with Crippen LogP contribution in [0.2, 0.25) is 0 Å². The smallest absolute Gasteiger partial charge is 0.269 e. The Morgan fingerprint density at radius 2 is 1.65 bits per heavy atom. The highest BCUT2D eigenvalue weighted by atomic mass is 19.1. The van der Waals surface area contributed by atoms with Gasteiger partial charge in [-0.3, -0.25) is 19.7 Å². The van der Waals surface area contributed by atoms with Crippen LogP contribution in [0.4, 0.5) is 20.2 Å². The number of carbonyl (C=O) groups is 2. The van der Waals surface area contributed by atoms with Crippen molar-refractivity contribution in [1.29, 1.82) is 0 Å². The molecule has 156 valence electrons. The Kier molecular flexibility index (Phi) is 5.16. The van der Waals surface area contributed by atoms with E-state index in [2.05, 4.69) is 5.32 Å². The molecule has 0 unspecified atom stereocenters. The van der Waals surface area contributed by atoms with Gasteiger partial charge in [0.15, 0.2) is 0 Å². The minimum Gasteiger partial charge on any atom is -0.324 e. The van der Waals surface area contributed by atoms with Crippen molar-refractivity contribution < 1.29 is 23.3 Å². The van der Waals surface area contributed by atoms with Gasteiger partial charge >= 0.3 is 0 Å². The van der Waals surface area contributed by atoms with Crippen molar-refractivity contribution >= 4 is 23.2 Å². The van der Waals surface area contributed by atoms with Gasteiger partial charge in [-0.2, -0.15) is 0 Å². The Labute approximate surface area is 175 Å². The molecule has 0 saturated carbocycles. The number of hydrogen-bond donors (Lipinski definition) is 1. The van der Waals surface area contributed by atoms with Gasteiger partial charge < -0.3 is 10.2 Å². The summed E-state index contributed by atoms with van der Waals surface area (Å²) < 4.78 is 27.6. The first kappa shape index (κ1) is 20.1. The Hall–Kier alpha value is -4.14. The lowest BCUT2D eigenvalue weighted by Gasteiger charge is -2.30. The molecule has 0 radical (unpaired) electrons. The summed E-state index contributed by atoms with van der Waals surface area (Å²) in [6, 6.07) is 13.2. The van der Waals surface area contributed by atoms with Crippen LogP contribution in [0.5, 0.6) is 0 Å². The molecule has 1 aliphatic heterocycles. The summed E-state index contributed by atoms with van der Waals surface area (Å²) in [7, 11) is 0. The van der Waals surface area contributed by atoms with Gasteiger partial charge in [0, 0.05) is 28.9 Å². The summed E-state index contributed by atoms with van der Waals surface area (Å²) >= 11 is 0. The first-order valence-corrected chi connectivity index (χ1v) is 9.23. The number of carbonyl (C=O) groups excluding carboxylic acids is 2. The molecule has 3 aromatic carbocycles. The Balaban J connectivity index is 1.85. The topological polar surface area (TPSA) is 92.5 Å². The molecule has 31 heavy (non-hydrogen) atoms. The van der Waals surface area contributed by atoms with E-state index in [1.54, 1.807) is 0 Å². The molecule has 1 atom stereocenters. The van der Waals surface area contributed by atoms with Crippen LogP contribution in [-0.4, -0.2) is 28.2 Å². The number of nitrogens with one attached hydrogen (secondary N) is 1. The molecule has 9 heteroatoms. The van der Waals surface area contributed by atoms with E-state index in [4.69, 9.17) is 0 Å². The van der Waals surface area contributed by atoms with Gasteiger partial charge in [0.25, 0.3) is 11.6 Å². The zero-order valence-electron chi connectivity index (χ0n) is 15.9. The van der Waals surface area contributed by atoms with Crippen LogP contribution in [0.1, 0.15) is 27.5 Å². The first-order chi connectivity index (χ1) is 14.8. The zero-order valence-corrected chi connectivity index (χ0v) is 15.9. The van der Waals surface area contributed by atoms with Gasteiger partial charge in [-0.1, -0.05) is 12.1 Å². The zero-order chi connectivity index (χ0) is 22.1. The molecule has 0 saturated heterocycles. The minimum absolute atomic E-state index is 0.116. The van der Waals surface area contributed by atoms with Gasteiger partial charge in [-0.05, 0) is 48.0 Å². The van der Waals surface area contributed by atoms with E-state index in [1.165, 1.54) is 71.6 Å². The van der Waals surface area contributed by atoms with Crippen molar-refractivity contribution in [3.63, 3.8) is 0 Å². The Morgan fingerprint density at radius 3 is 2.29 bits per heavy atom. The second-order valence-electron chi connectivity index (χ2n) is 6.97. The quantitative estimate of drug-likeness (QED) is 0.508. The summed E-state index contributed by atoms with van der Waals surface area (Å²) in [5.74, 6) is -2.13. The highest BCUT2D eigenvalue weighted by Crippen LogP contribution is 2.37. The van der Waals surface area contributed by atoms with Crippen LogP contribution >= 0.6 is 0 Å². The number of halogens is 2. The molecule has 0 aliphatic carbocycles. The van der Waals surface area contributed by atoms with Crippen molar-refractivity contribution in [3.8, 4) is 0 Å². The summed E-state index contributed by atoms with van der Waals surface area (Å²) in [6.45, 7) is -0.353. The van der Waals surface area contributed by atoms with Crippen LogP contribution < -0.4 is 5.32 Å². The lowest BCUT2D eigenvalue weighted by atomic mass is 9.95. The molecule has 0 aromatic heterocycles. The maximum atomic E-state index is 14.1. The normalized spacial score (nSPS) is 15.6. The van der Waals surface area contributed by atoms with Gasteiger partial charge in [-0.25, -0.2) is 8.78 Å². The molecule has 1 N–H and O–H groups in total. The van der Waals surface area contributed by atoms with Crippen molar-refractivity contribution in [1.82, 2.24) is 4.90 Å². The number of nitrogens with zero attached hydrogens (tertiary/aromatic N) is 2. The van der Waals surface area contributed by atoms with E-state index < -0.39 is 34.4 Å². The van der Waals surface area contributed by atoms with Crippen LogP contribution in [0.25, 0.3) is 0 Å². The fourth-order valence-corrected chi connectivity index (χ4v) is 3.56. The molecule has 4 rings (SSSR count). The number of non-ortho nitro benzene ring substituents is 1. The third kappa shape index (κ3) is 3.97. The maximum Gasteiger partial charge on any atom is 0.269 e. The summed E-state index contributed by atoms with van der Waals surface area (Å²) in [6.07, 6.45) is 0. The SMILES string of the molecule is O=C1CN(C(=O)c2ccc([N+](=O)[O-])cc2)[C@@H](c2ccc(F)cc2)c2cc(F)ccc2N1. The molecule has 2 amide bonds. The number of hydrogen-bond acceptors (Lipinski definition) is 4. The van der Waals surface area contributed by atoms with Gasteiger partial charge in [0.05, 0.1) is 11.0 Å². The van der Waals surface area contributed by atoms with Gasteiger partial charge in [0.2, 0.25) is 5.91 Å². The standard InChI is InChI=1S/C22H15F2N3O4/c23-15-5-1-13(2-6-15)21-18-11-16(24)7-10-19(18)25-20(28)12-26(21)22(29)14-3-8-17(9-4-14)27(30)31/h1-11,21H,12H2,(H,25,28)/t21-/m0/s1. The van der Waals surface area contributed by atoms with E-state index in [9.17, 15) is 28.5 Å². The maximum absolute atomic E-state index is 14.1. The average molecular weight is 423 g/mol. The molecule has 1 heterocycles. The van der Waals surface area contributed by atoms with Crippen molar-refractivity contribution in [2.45, 2.75) is 6.04 Å². The first-order valence-electron chi connectivity index (χ1n) is 9.23. The third-order valence-electron chi connectivity index (χ3n) is 4.98. The van der Waals surface area contributed by atoms with Crippen molar-refractivity contribution in [3.05, 3.63) is 105 Å². The monoisotopic (exact) mass is 423 g/mol. The highest BCUT2D eigenvalue weighted by Gasteiger charge is 2.34. The second-order valence-corrected chi connectivity index (χ2v) is 6.97. The molecule has 0 spiro atoms. The molecule has 0 fully saturated rings. The number of nitro benzene ring substituents is 1. The summed E-state index contributed by atoms with van der Waals surface area (Å²) in [4.78, 5) is 37.4. The number of amides is 2. The molecular weight excluding hydrogens is 408 g/mol. The Bertz CT molecular complexity index is 1180. The number of fused-ring (bicyclic) bond motifs is 1. The number of anilines is 1. The third-order valence-corrected chi connectivity index (χ3v) is 4.98. The number of nitro groups is 1. The van der Waals surface area contributed by atoms with E-state index in [1.807, 2.05) is 0 Å². The van der Waals surface area contributed by atoms with Crippen LogP contribution in [-0.2, 0) is 4.79 Å². The van der Waals surface area contributed by atoms with E-state index >= 15 is 0 Å². The fraction of sp³-hybridized carbons (Fsp3) is 0.0909. The summed E-state index contributed by atoms with van der Waals surface area (Å²) in [5.41, 5.74) is 1.06. The Morgan fingerprint density at radius 1 is 1.00 bits per heavy atom. The fourth-order valence-electron chi connectivity index (χ4n) is 3.56. The van der Waals surface area contributed by atoms with Crippen LogP contribution in [0.3, 0.4) is 0 Å². The number of rotatable bonds is 3. The van der Waals surface area contributed by atoms with Crippen molar-refractivity contribution in [2.75, 3.05) is 11.9 Å². The van der Waals surface area contributed by atoms with Gasteiger partial charge in [-0.15, -0.1) is 0 Å². The molecular formula is C22H15F2N3O4. The minimum atomic E-state index is -0.895. The van der Waals surface area contributed by atoms with E-state index in [0.29, 0.717) is 16.8 Å². The molecule has 3 aromatic rings. The van der Waals surface area contributed by atoms with Crippen molar-refractivity contribution in [2.24, 2.45) is 0 Å². The van der Waals surface area contributed by atoms with E-state index in [-0.39, 0.29) is 17.8 Å². The second kappa shape index (κ2) is 7.94. The lowest BCUT2D eigenvalue weighted by Crippen LogP contribution is -2.39. The summed E-state index contributed by atoms with van der Waals surface area (Å²) in [5, 5.41) is 13.6. The van der Waals surface area contributed by atoms with E-state index in [0.717, 1.165) is 0 Å². The molecule has 1 aliphatic rings. The predicted octanol–water partition coefficient (Wildman–Crippen LogP) is 4.06. The molecule has 0 bridgehead atoms. The highest BCUT2D eigenvalue weighted by molar-refractivity contribution is 6.01. The van der Waals surface area contributed by atoms with Crippen LogP contribution in [0, 0.1) is 21.7 Å². The molecule has 7 nitrogen and oxygen atoms in total. The largest absolute Gasteiger partial charge is 0.324 e. The van der Waals surface area contributed by atoms with Crippen LogP contribution in [0.15, 0.2) is 66.7 Å². The number of benzene rings is 3. The predicted molar refractivity (Wildman–Crippen MR) is 107 cm³/mol. The van der Waals surface area contributed by atoms with Gasteiger partial charge in [0.1, 0.15) is 18.2 Å².